The number of ether oxygens (including phenoxy) is 1. The fourth-order valence-corrected chi connectivity index (χ4v) is 3.53. The van der Waals surface area contributed by atoms with Crippen LogP contribution in [0.3, 0.4) is 0 Å². The molecule has 0 saturated carbocycles. The van der Waals surface area contributed by atoms with Gasteiger partial charge in [0.1, 0.15) is 5.75 Å². The van der Waals surface area contributed by atoms with Gasteiger partial charge in [-0.1, -0.05) is 29.8 Å². The van der Waals surface area contributed by atoms with Crippen molar-refractivity contribution in [2.75, 3.05) is 32.1 Å². The highest BCUT2D eigenvalue weighted by molar-refractivity contribution is 6.32. The molecule has 1 saturated heterocycles. The molecular weight excluding hydrogens is 406 g/mol. The number of anilines is 1. The highest BCUT2D eigenvalue weighted by Gasteiger charge is 2.28. The number of carbonyl (C=O) groups is 3. The van der Waals surface area contributed by atoms with Crippen LogP contribution in [0.15, 0.2) is 48.5 Å². The van der Waals surface area contributed by atoms with E-state index in [0.29, 0.717) is 41.5 Å². The summed E-state index contributed by atoms with van der Waals surface area (Å²) in [6.45, 7) is 0.776. The fourth-order valence-electron chi connectivity index (χ4n) is 3.34. The van der Waals surface area contributed by atoms with E-state index in [-0.39, 0.29) is 30.2 Å². The highest BCUT2D eigenvalue weighted by atomic mass is 35.5. The number of para-hydroxylation sites is 1. The van der Waals surface area contributed by atoms with Gasteiger partial charge in [-0.15, -0.1) is 0 Å². The molecule has 0 spiro atoms. The Kier molecular flexibility index (Phi) is 7.30. The molecule has 1 atom stereocenters. The summed E-state index contributed by atoms with van der Waals surface area (Å²) in [7, 11) is 1.55. The zero-order valence-electron chi connectivity index (χ0n) is 16.7. The van der Waals surface area contributed by atoms with Crippen LogP contribution in [-0.4, -0.2) is 49.4 Å². The summed E-state index contributed by atoms with van der Waals surface area (Å²) in [5, 5.41) is 5.85. The predicted octanol–water partition coefficient (Wildman–Crippen LogP) is 2.96. The van der Waals surface area contributed by atoms with Gasteiger partial charge in [0.25, 0.3) is 11.8 Å². The van der Waals surface area contributed by atoms with Gasteiger partial charge in [0, 0.05) is 31.4 Å². The molecule has 2 N–H and O–H groups in total. The predicted molar refractivity (Wildman–Crippen MR) is 115 cm³/mol. The molecule has 1 unspecified atom stereocenters. The number of hydrogen-bond donors (Lipinski definition) is 2. The number of hydrogen-bond acceptors (Lipinski definition) is 4. The zero-order chi connectivity index (χ0) is 21.5. The second-order valence-electron chi connectivity index (χ2n) is 7.05. The minimum Gasteiger partial charge on any atom is -0.482 e. The zero-order valence-corrected chi connectivity index (χ0v) is 17.4. The number of rotatable bonds is 6. The van der Waals surface area contributed by atoms with Crippen molar-refractivity contribution in [1.29, 1.82) is 0 Å². The second-order valence-corrected chi connectivity index (χ2v) is 7.45. The van der Waals surface area contributed by atoms with Gasteiger partial charge in [0.15, 0.2) is 6.61 Å². The lowest BCUT2D eigenvalue weighted by atomic mass is 9.97. The van der Waals surface area contributed by atoms with Crippen LogP contribution < -0.4 is 15.4 Å². The molecule has 2 aromatic rings. The van der Waals surface area contributed by atoms with Crippen LogP contribution in [0.1, 0.15) is 23.2 Å². The SMILES string of the molecule is CNC(=O)c1cccc(NC(=O)C2CCCN(C(=O)COc3ccccc3Cl)C2)c1. The number of likely N-dealkylation sites (tertiary alicyclic amines) is 1. The Balaban J connectivity index is 1.56. The summed E-state index contributed by atoms with van der Waals surface area (Å²) in [6, 6.07) is 13.7. The summed E-state index contributed by atoms with van der Waals surface area (Å²) in [5.74, 6) is -0.455. The van der Waals surface area contributed by atoms with Crippen molar-refractivity contribution in [1.82, 2.24) is 10.2 Å². The van der Waals surface area contributed by atoms with Gasteiger partial charge in [-0.05, 0) is 43.2 Å². The maximum absolute atomic E-state index is 12.7. The van der Waals surface area contributed by atoms with Crippen LogP contribution >= 0.6 is 11.6 Å². The third kappa shape index (κ3) is 5.51. The smallest absolute Gasteiger partial charge is 0.260 e. The van der Waals surface area contributed by atoms with Crippen molar-refractivity contribution in [2.24, 2.45) is 5.92 Å². The second kappa shape index (κ2) is 10.1. The Morgan fingerprint density at radius 1 is 1.17 bits per heavy atom. The van der Waals surface area contributed by atoms with Gasteiger partial charge in [-0.25, -0.2) is 0 Å². The summed E-state index contributed by atoms with van der Waals surface area (Å²) in [4.78, 5) is 38.7. The first-order chi connectivity index (χ1) is 14.5. The van der Waals surface area contributed by atoms with Crippen LogP contribution in [0.5, 0.6) is 5.75 Å². The monoisotopic (exact) mass is 429 g/mol. The molecule has 0 bridgehead atoms. The molecule has 0 aromatic heterocycles. The molecule has 1 aliphatic rings. The first kappa shape index (κ1) is 21.6. The molecule has 1 aliphatic heterocycles. The lowest BCUT2D eigenvalue weighted by Crippen LogP contribution is -2.45. The maximum Gasteiger partial charge on any atom is 0.260 e. The van der Waals surface area contributed by atoms with Crippen LogP contribution in [0.2, 0.25) is 5.02 Å². The van der Waals surface area contributed by atoms with Gasteiger partial charge in [0.2, 0.25) is 5.91 Å². The number of benzene rings is 2. The molecular formula is C22H24ClN3O4. The van der Waals surface area contributed by atoms with Crippen LogP contribution in [-0.2, 0) is 9.59 Å². The average molecular weight is 430 g/mol. The van der Waals surface area contributed by atoms with E-state index in [2.05, 4.69) is 10.6 Å². The van der Waals surface area contributed by atoms with E-state index < -0.39 is 0 Å². The van der Waals surface area contributed by atoms with E-state index in [4.69, 9.17) is 16.3 Å². The first-order valence-electron chi connectivity index (χ1n) is 9.76. The lowest BCUT2D eigenvalue weighted by molar-refractivity contribution is -0.136. The number of carbonyl (C=O) groups excluding carboxylic acids is 3. The summed E-state index contributed by atoms with van der Waals surface area (Å²) in [6.07, 6.45) is 1.42. The van der Waals surface area contributed by atoms with Crippen LogP contribution in [0.4, 0.5) is 5.69 Å². The largest absolute Gasteiger partial charge is 0.482 e. The molecule has 0 radical (unpaired) electrons. The quantitative estimate of drug-likeness (QED) is 0.739. The number of halogens is 1. The number of nitrogens with zero attached hydrogens (tertiary/aromatic N) is 1. The molecule has 1 fully saturated rings. The Bertz CT molecular complexity index is 934. The van der Waals surface area contributed by atoms with E-state index in [0.717, 1.165) is 6.42 Å². The van der Waals surface area contributed by atoms with Crippen molar-refractivity contribution in [3.05, 3.63) is 59.1 Å². The Morgan fingerprint density at radius 2 is 1.97 bits per heavy atom. The molecule has 1 heterocycles. The van der Waals surface area contributed by atoms with Gasteiger partial charge < -0.3 is 20.3 Å². The molecule has 30 heavy (non-hydrogen) atoms. The highest BCUT2D eigenvalue weighted by Crippen LogP contribution is 2.24. The number of piperidine rings is 1. The maximum atomic E-state index is 12.7. The van der Waals surface area contributed by atoms with E-state index >= 15 is 0 Å². The first-order valence-corrected chi connectivity index (χ1v) is 10.1. The van der Waals surface area contributed by atoms with Crippen molar-refractivity contribution < 1.29 is 19.1 Å². The Hall–Kier alpha value is -3.06. The third-order valence-electron chi connectivity index (χ3n) is 4.95. The average Bonchev–Trinajstić information content (AvgIpc) is 2.78. The molecule has 2 aromatic carbocycles. The minimum atomic E-state index is -0.327. The van der Waals surface area contributed by atoms with Gasteiger partial charge in [0.05, 0.1) is 10.9 Å². The van der Waals surface area contributed by atoms with Crippen molar-refractivity contribution in [3.63, 3.8) is 0 Å². The Labute approximate surface area is 180 Å². The number of amides is 3. The molecule has 0 aliphatic carbocycles. The number of nitrogens with one attached hydrogen (secondary N) is 2. The molecule has 3 amide bonds. The third-order valence-corrected chi connectivity index (χ3v) is 5.26. The van der Waals surface area contributed by atoms with Crippen molar-refractivity contribution >= 4 is 35.0 Å². The standard InChI is InChI=1S/C22H24ClN3O4/c1-24-21(28)15-6-4-8-17(12-15)25-22(29)16-7-5-11-26(13-16)20(27)14-30-19-10-3-2-9-18(19)23/h2-4,6,8-10,12,16H,5,7,11,13-14H2,1H3,(H,24,28)(H,25,29). The van der Waals surface area contributed by atoms with Crippen molar-refractivity contribution in [3.8, 4) is 5.75 Å². The molecule has 158 valence electrons. The van der Waals surface area contributed by atoms with E-state index in [1.807, 2.05) is 0 Å². The molecule has 8 heteroatoms. The van der Waals surface area contributed by atoms with Crippen LogP contribution in [0.25, 0.3) is 0 Å². The fraction of sp³-hybridized carbons (Fsp3) is 0.318. The minimum absolute atomic E-state index is 0.133. The summed E-state index contributed by atoms with van der Waals surface area (Å²) in [5.41, 5.74) is 1.01. The normalized spacial score (nSPS) is 15.9. The van der Waals surface area contributed by atoms with E-state index in [1.54, 1.807) is 60.5 Å². The van der Waals surface area contributed by atoms with Crippen molar-refractivity contribution in [2.45, 2.75) is 12.8 Å². The summed E-state index contributed by atoms with van der Waals surface area (Å²) < 4.78 is 5.53. The van der Waals surface area contributed by atoms with Crippen LogP contribution in [0, 0.1) is 5.92 Å². The topological polar surface area (TPSA) is 87.7 Å². The lowest BCUT2D eigenvalue weighted by Gasteiger charge is -2.32. The summed E-state index contributed by atoms with van der Waals surface area (Å²) >= 11 is 6.05. The Morgan fingerprint density at radius 3 is 2.73 bits per heavy atom. The molecule has 3 rings (SSSR count). The van der Waals surface area contributed by atoms with Gasteiger partial charge in [-0.3, -0.25) is 14.4 Å². The van der Waals surface area contributed by atoms with Gasteiger partial charge >= 0.3 is 0 Å². The molecule has 7 nitrogen and oxygen atoms in total. The van der Waals surface area contributed by atoms with E-state index in [9.17, 15) is 14.4 Å². The van der Waals surface area contributed by atoms with E-state index in [1.165, 1.54) is 0 Å². The van der Waals surface area contributed by atoms with Gasteiger partial charge in [-0.2, -0.15) is 0 Å².